The zero-order valence-corrected chi connectivity index (χ0v) is 20.5. The van der Waals surface area contributed by atoms with Gasteiger partial charge in [-0.2, -0.15) is 0 Å². The number of hydrogen-bond acceptors (Lipinski definition) is 7. The van der Waals surface area contributed by atoms with Crippen LogP contribution in [0.25, 0.3) is 5.76 Å². The number of morpholine rings is 1. The Labute approximate surface area is 205 Å². The third-order valence-corrected chi connectivity index (χ3v) is 6.58. The van der Waals surface area contributed by atoms with E-state index in [0.717, 1.165) is 25.2 Å². The van der Waals surface area contributed by atoms with Gasteiger partial charge in [-0.05, 0) is 25.5 Å². The second-order valence-electron chi connectivity index (χ2n) is 8.77. The van der Waals surface area contributed by atoms with Gasteiger partial charge in [-0.15, -0.1) is 0 Å². The summed E-state index contributed by atoms with van der Waals surface area (Å²) in [5, 5.41) is 11.2. The zero-order chi connectivity index (χ0) is 24.9. The Morgan fingerprint density at radius 1 is 1.03 bits per heavy atom. The second-order valence-corrected chi connectivity index (χ2v) is 8.77. The van der Waals surface area contributed by atoms with E-state index in [1.54, 1.807) is 42.3 Å². The first-order chi connectivity index (χ1) is 16.9. The quantitative estimate of drug-likeness (QED) is 0.353. The van der Waals surface area contributed by atoms with Gasteiger partial charge in [0.2, 0.25) is 0 Å². The first-order valence-electron chi connectivity index (χ1n) is 11.8. The summed E-state index contributed by atoms with van der Waals surface area (Å²) in [6.07, 6.45) is 0.687. The number of methoxy groups -OCH3 is 2. The minimum atomic E-state index is -0.776. The van der Waals surface area contributed by atoms with Crippen LogP contribution < -0.4 is 9.47 Å². The molecule has 2 heterocycles. The van der Waals surface area contributed by atoms with Gasteiger partial charge in [0.15, 0.2) is 0 Å². The maximum absolute atomic E-state index is 13.3. The molecular formula is C27H32N2O6. The summed E-state index contributed by atoms with van der Waals surface area (Å²) in [5.41, 5.74) is 2.19. The number of rotatable bonds is 8. The highest BCUT2D eigenvalue weighted by atomic mass is 16.5. The molecule has 8 nitrogen and oxygen atoms in total. The van der Waals surface area contributed by atoms with Crippen molar-refractivity contribution in [1.82, 2.24) is 9.80 Å². The molecule has 0 unspecified atom stereocenters. The molecule has 0 aliphatic carbocycles. The number of aliphatic hydroxyl groups is 1. The number of aryl methyl sites for hydroxylation is 1. The summed E-state index contributed by atoms with van der Waals surface area (Å²) in [5.74, 6) is -0.444. The maximum atomic E-state index is 13.3. The largest absolute Gasteiger partial charge is 0.507 e. The van der Waals surface area contributed by atoms with E-state index < -0.39 is 17.7 Å². The second kappa shape index (κ2) is 10.9. The number of likely N-dealkylation sites (tertiary alicyclic amines) is 1. The number of ketones is 1. The van der Waals surface area contributed by atoms with E-state index in [1.165, 1.54) is 7.11 Å². The molecule has 0 aromatic heterocycles. The van der Waals surface area contributed by atoms with Crippen LogP contribution in [0.1, 0.15) is 29.2 Å². The molecule has 0 radical (unpaired) electrons. The molecule has 0 spiro atoms. The van der Waals surface area contributed by atoms with E-state index in [4.69, 9.17) is 14.2 Å². The molecule has 0 saturated carbocycles. The highest BCUT2D eigenvalue weighted by Crippen LogP contribution is 2.43. The summed E-state index contributed by atoms with van der Waals surface area (Å²) in [7, 11) is 3.09. The maximum Gasteiger partial charge on any atom is 0.295 e. The van der Waals surface area contributed by atoms with E-state index in [2.05, 4.69) is 4.90 Å². The summed E-state index contributed by atoms with van der Waals surface area (Å²) >= 11 is 0. The Morgan fingerprint density at radius 2 is 1.74 bits per heavy atom. The minimum absolute atomic E-state index is 0.0636. The van der Waals surface area contributed by atoms with Gasteiger partial charge in [0.05, 0.1) is 39.0 Å². The molecule has 186 valence electrons. The number of ether oxygens (including phenoxy) is 3. The molecule has 1 atom stereocenters. The molecule has 2 aliphatic heterocycles. The fourth-order valence-corrected chi connectivity index (χ4v) is 4.63. The van der Waals surface area contributed by atoms with E-state index >= 15 is 0 Å². The number of Topliss-reactive ketones (excluding diaryl/α,β-unsaturated/α-hetero) is 1. The monoisotopic (exact) mass is 480 g/mol. The molecule has 2 fully saturated rings. The molecule has 2 aromatic carbocycles. The van der Waals surface area contributed by atoms with Crippen LogP contribution >= 0.6 is 0 Å². The van der Waals surface area contributed by atoms with E-state index in [1.807, 2.05) is 19.1 Å². The topological polar surface area (TPSA) is 88.5 Å². The number of carbonyl (C=O) groups excluding carboxylic acids is 2. The third kappa shape index (κ3) is 5.18. The van der Waals surface area contributed by atoms with Crippen molar-refractivity contribution in [3.63, 3.8) is 0 Å². The molecular weight excluding hydrogens is 448 g/mol. The molecule has 4 rings (SSSR count). The standard InChI is InChI=1S/C27H32N2O6/c1-18-5-7-19(8-6-18)25(30)23-24(21-10-9-20(33-2)17-22(21)34-3)29(27(32)26(23)31)12-4-11-28-13-15-35-16-14-28/h5-10,17,24,30H,4,11-16H2,1-3H3/t24-/m0/s1. The summed E-state index contributed by atoms with van der Waals surface area (Å²) in [6, 6.07) is 11.7. The van der Waals surface area contributed by atoms with Crippen LogP contribution in [-0.4, -0.2) is 80.2 Å². The molecule has 1 N–H and O–H groups in total. The average Bonchev–Trinajstić information content (AvgIpc) is 3.13. The molecule has 2 saturated heterocycles. The molecule has 1 amide bonds. The number of aliphatic hydroxyl groups excluding tert-OH is 1. The molecule has 8 heteroatoms. The average molecular weight is 481 g/mol. The Bertz CT molecular complexity index is 1110. The molecule has 35 heavy (non-hydrogen) atoms. The Kier molecular flexibility index (Phi) is 7.73. The van der Waals surface area contributed by atoms with Crippen LogP contribution in [0.4, 0.5) is 0 Å². The van der Waals surface area contributed by atoms with Crippen molar-refractivity contribution in [2.45, 2.75) is 19.4 Å². The molecule has 0 bridgehead atoms. The smallest absolute Gasteiger partial charge is 0.295 e. The lowest BCUT2D eigenvalue weighted by atomic mass is 9.94. The van der Waals surface area contributed by atoms with Crippen molar-refractivity contribution in [3.05, 3.63) is 64.7 Å². The predicted octanol–water partition coefficient (Wildman–Crippen LogP) is 3.16. The van der Waals surface area contributed by atoms with Gasteiger partial charge in [0, 0.05) is 43.4 Å². The Hall–Kier alpha value is -3.36. The number of nitrogens with zero attached hydrogens (tertiary/aromatic N) is 2. The van der Waals surface area contributed by atoms with Crippen LogP contribution in [-0.2, 0) is 14.3 Å². The minimum Gasteiger partial charge on any atom is -0.507 e. The van der Waals surface area contributed by atoms with Crippen molar-refractivity contribution in [2.75, 3.05) is 53.6 Å². The molecule has 2 aliphatic rings. The van der Waals surface area contributed by atoms with Gasteiger partial charge in [-0.3, -0.25) is 14.5 Å². The zero-order valence-electron chi connectivity index (χ0n) is 20.5. The van der Waals surface area contributed by atoms with Crippen LogP contribution in [0, 0.1) is 6.92 Å². The van der Waals surface area contributed by atoms with E-state index in [0.29, 0.717) is 48.8 Å². The van der Waals surface area contributed by atoms with Crippen molar-refractivity contribution < 1.29 is 28.9 Å². The highest BCUT2D eigenvalue weighted by Gasteiger charge is 2.46. The van der Waals surface area contributed by atoms with Gasteiger partial charge in [0.25, 0.3) is 11.7 Å². The summed E-state index contributed by atoms with van der Waals surface area (Å²) < 4.78 is 16.3. The lowest BCUT2D eigenvalue weighted by Crippen LogP contribution is -2.39. The fourth-order valence-electron chi connectivity index (χ4n) is 4.63. The van der Waals surface area contributed by atoms with Gasteiger partial charge in [-0.25, -0.2) is 0 Å². The van der Waals surface area contributed by atoms with Gasteiger partial charge >= 0.3 is 0 Å². The van der Waals surface area contributed by atoms with Crippen molar-refractivity contribution in [1.29, 1.82) is 0 Å². The van der Waals surface area contributed by atoms with Crippen LogP contribution in [0.3, 0.4) is 0 Å². The lowest BCUT2D eigenvalue weighted by Gasteiger charge is -2.29. The summed E-state index contributed by atoms with van der Waals surface area (Å²) in [6.45, 7) is 6.20. The SMILES string of the molecule is COc1ccc([C@H]2C(=C(O)c3ccc(C)cc3)C(=O)C(=O)N2CCCN2CCOCC2)c(OC)c1. The third-order valence-electron chi connectivity index (χ3n) is 6.58. The van der Waals surface area contributed by atoms with Gasteiger partial charge in [0.1, 0.15) is 17.3 Å². The van der Waals surface area contributed by atoms with Gasteiger partial charge < -0.3 is 24.2 Å². The molecule has 2 aromatic rings. The number of amides is 1. The Morgan fingerprint density at radius 3 is 2.40 bits per heavy atom. The first kappa shape index (κ1) is 24.8. The lowest BCUT2D eigenvalue weighted by molar-refractivity contribution is -0.140. The van der Waals surface area contributed by atoms with Gasteiger partial charge in [-0.1, -0.05) is 29.8 Å². The highest BCUT2D eigenvalue weighted by molar-refractivity contribution is 6.46. The Balaban J connectivity index is 1.73. The van der Waals surface area contributed by atoms with Crippen LogP contribution in [0.15, 0.2) is 48.0 Å². The first-order valence-corrected chi connectivity index (χ1v) is 11.8. The van der Waals surface area contributed by atoms with Crippen molar-refractivity contribution in [3.8, 4) is 11.5 Å². The number of hydrogen-bond donors (Lipinski definition) is 1. The summed E-state index contributed by atoms with van der Waals surface area (Å²) in [4.78, 5) is 30.3. The van der Waals surface area contributed by atoms with Crippen molar-refractivity contribution >= 4 is 17.4 Å². The number of benzene rings is 2. The normalized spacial score (nSPS) is 20.3. The van der Waals surface area contributed by atoms with E-state index in [-0.39, 0.29) is 11.3 Å². The fraction of sp³-hybridized carbons (Fsp3) is 0.407. The predicted molar refractivity (Wildman–Crippen MR) is 132 cm³/mol. The van der Waals surface area contributed by atoms with E-state index in [9.17, 15) is 14.7 Å². The van der Waals surface area contributed by atoms with Crippen LogP contribution in [0.5, 0.6) is 11.5 Å². The van der Waals surface area contributed by atoms with Crippen molar-refractivity contribution in [2.24, 2.45) is 0 Å². The number of carbonyl (C=O) groups is 2. The van der Waals surface area contributed by atoms with Crippen LogP contribution in [0.2, 0.25) is 0 Å².